The molecule has 1 aliphatic heterocycles. The standard InChI is InChI=1S/C14H18N2O3S/c15-14(18)19-12(10-11-4-2-1-3-5-11)13(17)16-6-8-20-9-7-16/h1-5,12H,6-10H2,(H2,15,18)/t12-/m0/s1. The minimum Gasteiger partial charge on any atom is -0.436 e. The SMILES string of the molecule is NC(=O)O[C@@H](Cc1ccccc1)C(=O)N1CCSCC1. The van der Waals surface area contributed by atoms with E-state index in [0.717, 1.165) is 17.1 Å². The van der Waals surface area contributed by atoms with Gasteiger partial charge in [-0.3, -0.25) is 4.79 Å². The highest BCUT2D eigenvalue weighted by atomic mass is 32.2. The predicted octanol–water partition coefficient (Wildman–Crippen LogP) is 1.27. The number of nitrogens with zero attached hydrogens (tertiary/aromatic N) is 1. The molecule has 1 atom stereocenters. The van der Waals surface area contributed by atoms with Gasteiger partial charge in [-0.15, -0.1) is 0 Å². The first-order valence-corrected chi connectivity index (χ1v) is 7.69. The number of primary amides is 1. The van der Waals surface area contributed by atoms with Gasteiger partial charge in [0.15, 0.2) is 6.10 Å². The molecule has 1 heterocycles. The second kappa shape index (κ2) is 7.19. The van der Waals surface area contributed by atoms with E-state index in [1.165, 1.54) is 0 Å². The molecule has 0 spiro atoms. The van der Waals surface area contributed by atoms with E-state index in [2.05, 4.69) is 0 Å². The molecule has 0 bridgehead atoms. The molecular formula is C14H18N2O3S. The monoisotopic (exact) mass is 294 g/mol. The minimum absolute atomic E-state index is 0.159. The van der Waals surface area contributed by atoms with Gasteiger partial charge in [-0.2, -0.15) is 11.8 Å². The Morgan fingerprint density at radius 2 is 1.90 bits per heavy atom. The lowest BCUT2D eigenvalue weighted by Crippen LogP contribution is -2.46. The van der Waals surface area contributed by atoms with Crippen molar-refractivity contribution in [3.8, 4) is 0 Å². The fourth-order valence-electron chi connectivity index (χ4n) is 2.14. The van der Waals surface area contributed by atoms with Crippen LogP contribution in [0, 0.1) is 0 Å². The van der Waals surface area contributed by atoms with Gasteiger partial charge in [0.05, 0.1) is 0 Å². The summed E-state index contributed by atoms with van der Waals surface area (Å²) in [7, 11) is 0. The molecule has 1 saturated heterocycles. The summed E-state index contributed by atoms with van der Waals surface area (Å²) in [6, 6.07) is 9.47. The molecule has 5 nitrogen and oxygen atoms in total. The number of benzene rings is 1. The first kappa shape index (κ1) is 14.7. The largest absolute Gasteiger partial charge is 0.436 e. The number of thioether (sulfide) groups is 1. The maximum atomic E-state index is 12.4. The van der Waals surface area contributed by atoms with Crippen LogP contribution in [0.1, 0.15) is 5.56 Å². The molecule has 6 heteroatoms. The van der Waals surface area contributed by atoms with Crippen molar-refractivity contribution in [2.75, 3.05) is 24.6 Å². The van der Waals surface area contributed by atoms with Gasteiger partial charge < -0.3 is 15.4 Å². The molecule has 1 aromatic rings. The fourth-order valence-corrected chi connectivity index (χ4v) is 3.04. The Labute approximate surface area is 122 Å². The van der Waals surface area contributed by atoms with Crippen molar-refractivity contribution in [1.82, 2.24) is 4.90 Å². The van der Waals surface area contributed by atoms with E-state index in [-0.39, 0.29) is 5.91 Å². The van der Waals surface area contributed by atoms with Crippen LogP contribution in [0.3, 0.4) is 0 Å². The summed E-state index contributed by atoms with van der Waals surface area (Å²) in [5.41, 5.74) is 6.02. The van der Waals surface area contributed by atoms with E-state index in [4.69, 9.17) is 10.5 Å². The van der Waals surface area contributed by atoms with E-state index < -0.39 is 12.2 Å². The maximum Gasteiger partial charge on any atom is 0.405 e. The molecule has 0 aliphatic carbocycles. The summed E-state index contributed by atoms with van der Waals surface area (Å²) in [5, 5.41) is 0. The van der Waals surface area contributed by atoms with Gasteiger partial charge in [0.1, 0.15) is 0 Å². The van der Waals surface area contributed by atoms with Crippen molar-refractivity contribution in [2.24, 2.45) is 5.73 Å². The lowest BCUT2D eigenvalue weighted by atomic mass is 10.1. The predicted molar refractivity (Wildman–Crippen MR) is 78.5 cm³/mol. The quantitative estimate of drug-likeness (QED) is 0.907. The zero-order valence-electron chi connectivity index (χ0n) is 11.2. The summed E-state index contributed by atoms with van der Waals surface area (Å²) >= 11 is 1.82. The van der Waals surface area contributed by atoms with Crippen LogP contribution in [0.5, 0.6) is 0 Å². The van der Waals surface area contributed by atoms with Crippen LogP contribution in [-0.4, -0.2) is 47.6 Å². The number of carbonyl (C=O) groups excluding carboxylic acids is 2. The maximum absolute atomic E-state index is 12.4. The van der Waals surface area contributed by atoms with Gasteiger partial charge in [0, 0.05) is 31.0 Å². The number of nitrogens with two attached hydrogens (primary N) is 1. The highest BCUT2D eigenvalue weighted by Crippen LogP contribution is 2.14. The smallest absolute Gasteiger partial charge is 0.405 e. The summed E-state index contributed by atoms with van der Waals surface area (Å²) < 4.78 is 5.01. The van der Waals surface area contributed by atoms with Crippen LogP contribution in [0.15, 0.2) is 30.3 Å². The summed E-state index contributed by atoms with van der Waals surface area (Å²) in [4.78, 5) is 25.2. The van der Waals surface area contributed by atoms with Crippen molar-refractivity contribution in [3.63, 3.8) is 0 Å². The van der Waals surface area contributed by atoms with Gasteiger partial charge >= 0.3 is 6.09 Å². The van der Waals surface area contributed by atoms with Crippen molar-refractivity contribution < 1.29 is 14.3 Å². The molecule has 2 amide bonds. The molecule has 2 rings (SSSR count). The third-order valence-corrected chi connectivity index (χ3v) is 4.06. The first-order chi connectivity index (χ1) is 9.66. The summed E-state index contributed by atoms with van der Waals surface area (Å²) in [5.74, 6) is 1.67. The number of carbonyl (C=O) groups is 2. The number of hydrogen-bond donors (Lipinski definition) is 1. The Morgan fingerprint density at radius 3 is 2.50 bits per heavy atom. The topological polar surface area (TPSA) is 72.6 Å². The van der Waals surface area contributed by atoms with Gasteiger partial charge in [-0.25, -0.2) is 4.79 Å². The first-order valence-electron chi connectivity index (χ1n) is 6.53. The Balaban J connectivity index is 2.05. The van der Waals surface area contributed by atoms with Crippen molar-refractivity contribution in [2.45, 2.75) is 12.5 Å². The Kier molecular flexibility index (Phi) is 5.29. The average molecular weight is 294 g/mol. The van der Waals surface area contributed by atoms with Gasteiger partial charge in [0.2, 0.25) is 0 Å². The molecule has 1 aromatic carbocycles. The Morgan fingerprint density at radius 1 is 1.25 bits per heavy atom. The van der Waals surface area contributed by atoms with E-state index in [9.17, 15) is 9.59 Å². The zero-order chi connectivity index (χ0) is 14.4. The van der Waals surface area contributed by atoms with Crippen molar-refractivity contribution in [1.29, 1.82) is 0 Å². The second-order valence-electron chi connectivity index (χ2n) is 4.55. The molecule has 0 unspecified atom stereocenters. The summed E-state index contributed by atoms with van der Waals surface area (Å²) in [6.07, 6.45) is -1.39. The van der Waals surface area contributed by atoms with E-state index in [1.54, 1.807) is 4.90 Å². The lowest BCUT2D eigenvalue weighted by Gasteiger charge is -2.29. The highest BCUT2D eigenvalue weighted by molar-refractivity contribution is 7.99. The molecule has 0 radical (unpaired) electrons. The Hall–Kier alpha value is -1.69. The normalized spacial score (nSPS) is 16.5. The molecule has 2 N–H and O–H groups in total. The van der Waals surface area contributed by atoms with Crippen LogP contribution in [0.4, 0.5) is 4.79 Å². The molecular weight excluding hydrogens is 276 g/mol. The number of amides is 2. The van der Waals surface area contributed by atoms with Crippen LogP contribution < -0.4 is 5.73 Å². The minimum atomic E-state index is -0.911. The number of ether oxygens (including phenoxy) is 1. The van der Waals surface area contributed by atoms with E-state index >= 15 is 0 Å². The number of hydrogen-bond acceptors (Lipinski definition) is 4. The molecule has 0 saturated carbocycles. The molecule has 1 aliphatic rings. The van der Waals surface area contributed by atoms with Gasteiger partial charge in [-0.05, 0) is 5.56 Å². The van der Waals surface area contributed by atoms with Crippen LogP contribution >= 0.6 is 11.8 Å². The number of rotatable bonds is 4. The van der Waals surface area contributed by atoms with Crippen molar-refractivity contribution in [3.05, 3.63) is 35.9 Å². The zero-order valence-corrected chi connectivity index (χ0v) is 12.0. The lowest BCUT2D eigenvalue weighted by molar-refractivity contribution is -0.139. The average Bonchev–Trinajstić information content (AvgIpc) is 2.47. The Bertz CT molecular complexity index is 461. The molecule has 20 heavy (non-hydrogen) atoms. The highest BCUT2D eigenvalue weighted by Gasteiger charge is 2.28. The van der Waals surface area contributed by atoms with Gasteiger partial charge in [0.25, 0.3) is 5.91 Å². The van der Waals surface area contributed by atoms with Crippen LogP contribution in [-0.2, 0) is 16.0 Å². The third kappa shape index (κ3) is 4.16. The van der Waals surface area contributed by atoms with Gasteiger partial charge in [-0.1, -0.05) is 30.3 Å². The molecule has 0 aromatic heterocycles. The van der Waals surface area contributed by atoms with E-state index in [0.29, 0.717) is 19.5 Å². The second-order valence-corrected chi connectivity index (χ2v) is 5.78. The summed E-state index contributed by atoms with van der Waals surface area (Å²) in [6.45, 7) is 1.38. The fraction of sp³-hybridized carbons (Fsp3) is 0.429. The van der Waals surface area contributed by atoms with Crippen molar-refractivity contribution >= 4 is 23.8 Å². The van der Waals surface area contributed by atoms with Crippen LogP contribution in [0.25, 0.3) is 0 Å². The van der Waals surface area contributed by atoms with Crippen LogP contribution in [0.2, 0.25) is 0 Å². The van der Waals surface area contributed by atoms with E-state index in [1.807, 2.05) is 42.1 Å². The molecule has 108 valence electrons. The third-order valence-electron chi connectivity index (χ3n) is 3.12. The molecule has 1 fully saturated rings.